The number of ether oxygens (including phenoxy) is 1. The van der Waals surface area contributed by atoms with Crippen LogP contribution < -0.4 is 21.1 Å². The van der Waals surface area contributed by atoms with Crippen molar-refractivity contribution >= 4 is 17.6 Å². The maximum absolute atomic E-state index is 11.9. The topological polar surface area (TPSA) is 114 Å². The van der Waals surface area contributed by atoms with Gasteiger partial charge in [-0.25, -0.2) is 4.79 Å². The zero-order valence-corrected chi connectivity index (χ0v) is 12.7. The number of rotatable bonds is 10. The lowest BCUT2D eigenvalue weighted by Gasteiger charge is -2.15. The number of carbonyl (C=O) groups excluding carboxylic acids is 1. The molecule has 0 bridgehead atoms. The Labute approximate surface area is 129 Å². The zero-order valence-electron chi connectivity index (χ0n) is 12.7. The van der Waals surface area contributed by atoms with E-state index in [9.17, 15) is 9.59 Å². The number of aliphatic carboxylic acids is 1. The van der Waals surface area contributed by atoms with Crippen LogP contribution in [0.15, 0.2) is 24.3 Å². The molecule has 1 rings (SSSR count). The molecule has 1 atom stereocenters. The molecule has 0 saturated heterocycles. The number of nitrogens with one attached hydrogen (secondary N) is 2. The highest BCUT2D eigenvalue weighted by molar-refractivity contribution is 5.86. The predicted octanol–water partition coefficient (Wildman–Crippen LogP) is 0.805. The van der Waals surface area contributed by atoms with Gasteiger partial charge < -0.3 is 26.2 Å². The van der Waals surface area contributed by atoms with Gasteiger partial charge in [0.15, 0.2) is 0 Å². The predicted molar refractivity (Wildman–Crippen MR) is 84.0 cm³/mol. The number of unbranched alkanes of at least 4 members (excludes halogenated alkanes) is 1. The highest BCUT2D eigenvalue weighted by Gasteiger charge is 2.19. The second kappa shape index (κ2) is 9.62. The number of hydrogen-bond acceptors (Lipinski definition) is 5. The highest BCUT2D eigenvalue weighted by atomic mass is 16.5. The lowest BCUT2D eigenvalue weighted by atomic mass is 10.1. The quantitative estimate of drug-likeness (QED) is 0.476. The second-order valence-electron chi connectivity index (χ2n) is 4.80. The molecular formula is C15H23N3O4. The molecule has 5 N–H and O–H groups in total. The van der Waals surface area contributed by atoms with E-state index in [2.05, 4.69) is 10.6 Å². The number of carbonyl (C=O) groups is 2. The molecule has 0 aliphatic heterocycles. The Kier molecular flexibility index (Phi) is 7.77. The molecule has 0 fully saturated rings. The third kappa shape index (κ3) is 6.01. The Hall–Kier alpha value is -2.28. The minimum absolute atomic E-state index is 0.0267. The summed E-state index contributed by atoms with van der Waals surface area (Å²) in [5.74, 6) is -0.804. The van der Waals surface area contributed by atoms with Crippen LogP contribution >= 0.6 is 0 Å². The van der Waals surface area contributed by atoms with E-state index >= 15 is 0 Å². The fourth-order valence-electron chi connectivity index (χ4n) is 1.96. The van der Waals surface area contributed by atoms with Crippen molar-refractivity contribution < 1.29 is 19.4 Å². The molecule has 122 valence electrons. The number of nitrogens with two attached hydrogens (primary N) is 1. The van der Waals surface area contributed by atoms with Crippen LogP contribution in [-0.2, 0) is 9.59 Å². The monoisotopic (exact) mass is 309 g/mol. The molecule has 7 heteroatoms. The molecule has 0 aromatic heterocycles. The first kappa shape index (κ1) is 17.8. The van der Waals surface area contributed by atoms with Crippen LogP contribution in [0.2, 0.25) is 0 Å². The number of hydrogen-bond donors (Lipinski definition) is 4. The number of methoxy groups -OCH3 is 1. The van der Waals surface area contributed by atoms with E-state index in [1.807, 2.05) is 12.1 Å². The Bertz CT molecular complexity index is 493. The van der Waals surface area contributed by atoms with Gasteiger partial charge in [0.2, 0.25) is 5.91 Å². The minimum atomic E-state index is -1.04. The first-order valence-electron chi connectivity index (χ1n) is 7.17. The van der Waals surface area contributed by atoms with E-state index in [-0.39, 0.29) is 12.5 Å². The number of para-hydroxylation sites is 2. The normalized spacial score (nSPS) is 11.5. The summed E-state index contributed by atoms with van der Waals surface area (Å²) in [4.78, 5) is 23.0. The summed E-state index contributed by atoms with van der Waals surface area (Å²) >= 11 is 0. The molecule has 0 spiro atoms. The number of anilines is 1. The molecule has 1 aromatic rings. The van der Waals surface area contributed by atoms with Gasteiger partial charge in [-0.05, 0) is 37.9 Å². The maximum Gasteiger partial charge on any atom is 0.326 e. The van der Waals surface area contributed by atoms with Crippen LogP contribution in [0.25, 0.3) is 0 Å². The van der Waals surface area contributed by atoms with E-state index in [1.165, 1.54) is 0 Å². The van der Waals surface area contributed by atoms with Crippen LogP contribution in [-0.4, -0.2) is 43.2 Å². The van der Waals surface area contributed by atoms with Gasteiger partial charge in [0.05, 0.1) is 19.3 Å². The zero-order chi connectivity index (χ0) is 16.4. The molecule has 7 nitrogen and oxygen atoms in total. The Morgan fingerprint density at radius 1 is 1.32 bits per heavy atom. The van der Waals surface area contributed by atoms with Crippen molar-refractivity contribution in [1.29, 1.82) is 0 Å². The van der Waals surface area contributed by atoms with Gasteiger partial charge in [0.1, 0.15) is 11.8 Å². The first-order valence-corrected chi connectivity index (χ1v) is 7.17. The molecule has 0 aliphatic rings. The van der Waals surface area contributed by atoms with E-state index < -0.39 is 12.0 Å². The molecule has 0 heterocycles. The van der Waals surface area contributed by atoms with Crippen molar-refractivity contribution in [2.75, 3.05) is 25.5 Å². The van der Waals surface area contributed by atoms with Gasteiger partial charge in [-0.1, -0.05) is 12.1 Å². The van der Waals surface area contributed by atoms with Crippen LogP contribution in [0.5, 0.6) is 5.75 Å². The van der Waals surface area contributed by atoms with Crippen LogP contribution in [0.4, 0.5) is 5.69 Å². The van der Waals surface area contributed by atoms with Gasteiger partial charge in [-0.3, -0.25) is 4.79 Å². The Balaban J connectivity index is 2.48. The molecule has 0 aliphatic carbocycles. The van der Waals surface area contributed by atoms with E-state index in [0.29, 0.717) is 30.8 Å². The average Bonchev–Trinajstić information content (AvgIpc) is 2.52. The fraction of sp³-hybridized carbons (Fsp3) is 0.467. The third-order valence-corrected chi connectivity index (χ3v) is 3.13. The van der Waals surface area contributed by atoms with Crippen molar-refractivity contribution in [1.82, 2.24) is 5.32 Å². The molecular weight excluding hydrogens is 286 g/mol. The van der Waals surface area contributed by atoms with Gasteiger partial charge in [0.25, 0.3) is 0 Å². The standard InChI is InChI=1S/C15H23N3O4/c1-22-13-8-3-2-6-11(13)17-10-14(19)18-12(15(20)21)7-4-5-9-16/h2-3,6,8,12,17H,4-5,7,9-10,16H2,1H3,(H,18,19)(H,20,21)/t12-/m0/s1. The Morgan fingerprint density at radius 2 is 2.05 bits per heavy atom. The summed E-state index contributed by atoms with van der Waals surface area (Å²) in [6.07, 6.45) is 1.76. The van der Waals surface area contributed by atoms with E-state index in [4.69, 9.17) is 15.6 Å². The number of carboxylic acids is 1. The Morgan fingerprint density at radius 3 is 2.68 bits per heavy atom. The lowest BCUT2D eigenvalue weighted by Crippen LogP contribution is -2.43. The maximum atomic E-state index is 11.9. The van der Waals surface area contributed by atoms with Gasteiger partial charge in [-0.2, -0.15) is 0 Å². The summed E-state index contributed by atoms with van der Waals surface area (Å²) in [7, 11) is 1.54. The van der Waals surface area contributed by atoms with Crippen LogP contribution in [0, 0.1) is 0 Å². The summed E-state index contributed by atoms with van der Waals surface area (Å²) in [6.45, 7) is 0.483. The average molecular weight is 309 g/mol. The van der Waals surface area contributed by atoms with E-state index in [1.54, 1.807) is 19.2 Å². The number of benzene rings is 1. The van der Waals surface area contributed by atoms with Crippen molar-refractivity contribution in [2.45, 2.75) is 25.3 Å². The molecule has 0 unspecified atom stereocenters. The molecule has 1 amide bonds. The smallest absolute Gasteiger partial charge is 0.326 e. The molecule has 22 heavy (non-hydrogen) atoms. The fourth-order valence-corrected chi connectivity index (χ4v) is 1.96. The van der Waals surface area contributed by atoms with Crippen molar-refractivity contribution in [2.24, 2.45) is 5.73 Å². The van der Waals surface area contributed by atoms with Gasteiger partial charge >= 0.3 is 5.97 Å². The molecule has 0 radical (unpaired) electrons. The van der Waals surface area contributed by atoms with Gasteiger partial charge in [-0.15, -0.1) is 0 Å². The number of amides is 1. The first-order chi connectivity index (χ1) is 10.6. The second-order valence-corrected chi connectivity index (χ2v) is 4.80. The lowest BCUT2D eigenvalue weighted by molar-refractivity contribution is -0.141. The summed E-state index contributed by atoms with van der Waals surface area (Å²) in [6, 6.07) is 6.30. The minimum Gasteiger partial charge on any atom is -0.495 e. The largest absolute Gasteiger partial charge is 0.495 e. The summed E-state index contributed by atoms with van der Waals surface area (Å²) in [5, 5.41) is 14.5. The molecule has 1 aromatic carbocycles. The number of carboxylic acid groups (broad SMARTS) is 1. The van der Waals surface area contributed by atoms with Crippen LogP contribution in [0.3, 0.4) is 0 Å². The highest BCUT2D eigenvalue weighted by Crippen LogP contribution is 2.22. The van der Waals surface area contributed by atoms with Gasteiger partial charge in [0, 0.05) is 0 Å². The van der Waals surface area contributed by atoms with Crippen molar-refractivity contribution in [3.8, 4) is 5.75 Å². The SMILES string of the molecule is COc1ccccc1NCC(=O)N[C@@H](CCCCN)C(=O)O. The van der Waals surface area contributed by atoms with Crippen molar-refractivity contribution in [3.63, 3.8) is 0 Å². The third-order valence-electron chi connectivity index (χ3n) is 3.13. The van der Waals surface area contributed by atoms with Crippen LogP contribution in [0.1, 0.15) is 19.3 Å². The summed E-state index contributed by atoms with van der Waals surface area (Å²) < 4.78 is 5.16. The molecule has 0 saturated carbocycles. The van der Waals surface area contributed by atoms with Crippen molar-refractivity contribution in [3.05, 3.63) is 24.3 Å². The van der Waals surface area contributed by atoms with E-state index in [0.717, 1.165) is 6.42 Å². The summed E-state index contributed by atoms with van der Waals surface area (Å²) in [5.41, 5.74) is 6.05.